The van der Waals surface area contributed by atoms with Crippen LogP contribution in [0.4, 0.5) is 0 Å². The number of hydrogen-bond acceptors (Lipinski definition) is 12. The van der Waals surface area contributed by atoms with Crippen LogP contribution in [0, 0.1) is 0 Å². The highest BCUT2D eigenvalue weighted by Gasteiger charge is 2.38. The molecule has 0 nitrogen and oxygen atoms in total. The van der Waals surface area contributed by atoms with Gasteiger partial charge in [-0.05, 0) is 68.9 Å². The van der Waals surface area contributed by atoms with E-state index in [1.807, 2.05) is 141 Å². The fraction of sp³-hybridized carbons (Fsp3) is 0.125. The first-order valence-electron chi connectivity index (χ1n) is 13.6. The molecule has 220 valence electrons. The minimum absolute atomic E-state index is 1.36. The largest absolute Gasteiger partial charge is 0.0860 e. The van der Waals surface area contributed by atoms with E-state index >= 15 is 0 Å². The molecule has 0 aromatic heterocycles. The second kappa shape index (κ2) is 12.2. The summed E-state index contributed by atoms with van der Waals surface area (Å²) in [6, 6.07) is 18.1. The second-order valence-corrected chi connectivity index (χ2v) is 25.8. The number of hydrogen-bond donors (Lipinski definition) is 0. The van der Waals surface area contributed by atoms with Crippen LogP contribution in [0.2, 0.25) is 0 Å². The number of thioether (sulfide) groups is 12. The Morgan fingerprint density at radius 3 is 0.773 bits per heavy atom. The van der Waals surface area contributed by atoms with Crippen molar-refractivity contribution in [2.24, 2.45) is 0 Å². The zero-order valence-corrected chi connectivity index (χ0v) is 33.3. The summed E-state index contributed by atoms with van der Waals surface area (Å²) >= 11 is 23.7. The van der Waals surface area contributed by atoms with Gasteiger partial charge in [-0.25, -0.2) is 0 Å². The monoisotopic (exact) mass is 788 g/mol. The Labute approximate surface area is 307 Å². The summed E-state index contributed by atoms with van der Waals surface area (Å²) < 4.78 is 14.5. The maximum absolute atomic E-state index is 2.34. The van der Waals surface area contributed by atoms with Crippen molar-refractivity contribution in [2.45, 2.75) is 27.7 Å². The van der Waals surface area contributed by atoms with Gasteiger partial charge in [-0.2, -0.15) is 0 Å². The topological polar surface area (TPSA) is 0 Å². The summed E-state index contributed by atoms with van der Waals surface area (Å²) in [6.07, 6.45) is 0. The fourth-order valence-corrected chi connectivity index (χ4v) is 23.8. The first kappa shape index (κ1) is 30.6. The highest BCUT2D eigenvalue weighted by Crippen LogP contribution is 2.74. The Bertz CT molecular complexity index is 2070. The van der Waals surface area contributed by atoms with Crippen molar-refractivity contribution in [1.82, 2.24) is 0 Å². The summed E-state index contributed by atoms with van der Waals surface area (Å²) in [7, 11) is 0. The summed E-state index contributed by atoms with van der Waals surface area (Å²) in [6.45, 7) is 8.98. The maximum Gasteiger partial charge on any atom is 0.0718 e. The van der Waals surface area contributed by atoms with Crippen LogP contribution < -0.4 is 10.4 Å². The third kappa shape index (κ3) is 5.23. The van der Waals surface area contributed by atoms with Crippen LogP contribution in [0.5, 0.6) is 0 Å². The lowest BCUT2D eigenvalue weighted by Crippen LogP contribution is -2.16. The Balaban J connectivity index is 1.03. The number of rotatable bonds is 0. The lowest BCUT2D eigenvalue weighted by molar-refractivity contribution is 1.57. The van der Waals surface area contributed by atoms with Crippen molar-refractivity contribution in [3.8, 4) is 0 Å². The molecule has 6 aliphatic rings. The van der Waals surface area contributed by atoms with E-state index in [0.717, 1.165) is 0 Å². The first-order chi connectivity index (χ1) is 21.4. The maximum atomic E-state index is 2.34. The Morgan fingerprint density at radius 2 is 0.477 bits per heavy atom. The molecule has 44 heavy (non-hydrogen) atoms. The van der Waals surface area contributed by atoms with Gasteiger partial charge in [0.1, 0.15) is 0 Å². The molecule has 3 aromatic rings. The van der Waals surface area contributed by atoms with Gasteiger partial charge >= 0.3 is 0 Å². The van der Waals surface area contributed by atoms with Gasteiger partial charge in [0.25, 0.3) is 0 Å². The Hall–Kier alpha value is 0.560. The average molecular weight is 789 g/mol. The van der Waals surface area contributed by atoms with Gasteiger partial charge in [0.15, 0.2) is 0 Å². The molecule has 0 atom stereocenters. The van der Waals surface area contributed by atoms with Gasteiger partial charge in [-0.1, -0.05) is 190 Å². The van der Waals surface area contributed by atoms with Gasteiger partial charge in [0, 0.05) is 10.4 Å². The van der Waals surface area contributed by atoms with Crippen LogP contribution in [-0.4, -0.2) is 0 Å². The number of allylic oxidation sites excluding steroid dienone is 4. The molecule has 0 spiro atoms. The van der Waals surface area contributed by atoms with Crippen molar-refractivity contribution >= 4 is 171 Å². The predicted octanol–water partition coefficient (Wildman–Crippen LogP) is 14.0. The smallest absolute Gasteiger partial charge is 0.0718 e. The van der Waals surface area contributed by atoms with E-state index in [-0.39, 0.29) is 0 Å². The molecule has 0 bridgehead atoms. The first-order valence-corrected chi connectivity index (χ1v) is 23.4. The molecule has 6 heterocycles. The van der Waals surface area contributed by atoms with E-state index in [1.54, 1.807) is 0 Å². The van der Waals surface area contributed by atoms with Gasteiger partial charge in [0.2, 0.25) is 0 Å². The van der Waals surface area contributed by atoms with E-state index in [1.165, 1.54) is 94.0 Å². The van der Waals surface area contributed by atoms with Gasteiger partial charge in [-0.3, -0.25) is 0 Å². The molecule has 0 fully saturated rings. The quantitative estimate of drug-likeness (QED) is 0.199. The predicted molar refractivity (Wildman–Crippen MR) is 223 cm³/mol. The Kier molecular flexibility index (Phi) is 8.46. The van der Waals surface area contributed by atoms with Crippen molar-refractivity contribution in [3.05, 3.63) is 112 Å². The molecule has 12 heteroatoms. The normalized spacial score (nSPS) is 22.2. The summed E-state index contributed by atoms with van der Waals surface area (Å²) in [5, 5.41) is 8.25. The molecule has 0 amide bonds. The van der Waals surface area contributed by atoms with E-state index in [4.69, 9.17) is 0 Å². The number of fused-ring (bicyclic) bond motifs is 2. The molecule has 0 aliphatic carbocycles. The van der Waals surface area contributed by atoms with Crippen LogP contribution in [0.25, 0.3) is 30.0 Å². The van der Waals surface area contributed by atoms with Gasteiger partial charge < -0.3 is 0 Å². The molecule has 3 aromatic carbocycles. The molecular weight excluding hydrogens is 769 g/mol. The molecule has 0 unspecified atom stereocenters. The van der Waals surface area contributed by atoms with Crippen molar-refractivity contribution < 1.29 is 0 Å². The molecule has 0 saturated carbocycles. The summed E-state index contributed by atoms with van der Waals surface area (Å²) in [5.74, 6) is 0. The SMILES string of the molecule is CC1=C(C)SC(=C2SC3=C(S2)SC(=C2SC4=C(S2)SC(=c2c5ccccc5c(=C5SC(C)=C(C)S5)c5ccccc25)S4)S3)S1. The second-order valence-electron chi connectivity index (χ2n) is 10.2. The van der Waals surface area contributed by atoms with Crippen LogP contribution in [-0.2, 0) is 0 Å². The lowest BCUT2D eigenvalue weighted by atomic mass is 9.99. The van der Waals surface area contributed by atoms with Gasteiger partial charge in [-0.15, -0.1) is 0 Å². The zero-order chi connectivity index (χ0) is 29.7. The van der Waals surface area contributed by atoms with Crippen LogP contribution in [0.1, 0.15) is 27.7 Å². The Morgan fingerprint density at radius 1 is 0.273 bits per heavy atom. The molecule has 6 aliphatic heterocycles. The van der Waals surface area contributed by atoms with E-state index in [2.05, 4.69) is 76.2 Å². The molecule has 0 saturated heterocycles. The third-order valence-corrected chi connectivity index (χ3v) is 25.0. The van der Waals surface area contributed by atoms with E-state index in [9.17, 15) is 0 Å². The van der Waals surface area contributed by atoms with Crippen molar-refractivity contribution in [3.63, 3.8) is 0 Å². The van der Waals surface area contributed by atoms with Crippen molar-refractivity contribution in [2.75, 3.05) is 0 Å². The third-order valence-electron chi connectivity index (χ3n) is 7.46. The average Bonchev–Trinajstić information content (AvgIpc) is 3.84. The summed E-state index contributed by atoms with van der Waals surface area (Å²) in [5.41, 5.74) is 0. The molecular formula is C32H20S12. The minimum atomic E-state index is 1.36. The van der Waals surface area contributed by atoms with Crippen LogP contribution in [0.15, 0.2) is 102 Å². The van der Waals surface area contributed by atoms with Gasteiger partial charge in [0.05, 0.1) is 42.4 Å². The highest BCUT2D eigenvalue weighted by molar-refractivity contribution is 8.53. The summed E-state index contributed by atoms with van der Waals surface area (Å²) in [4.78, 5) is 5.73. The number of benzene rings is 3. The zero-order valence-electron chi connectivity index (χ0n) is 23.5. The molecule has 9 rings (SSSR count). The van der Waals surface area contributed by atoms with Crippen LogP contribution in [0.3, 0.4) is 0 Å². The fourth-order valence-electron chi connectivity index (χ4n) is 5.16. The molecule has 0 radical (unpaired) electrons. The minimum Gasteiger partial charge on any atom is -0.0860 e. The van der Waals surface area contributed by atoms with E-state index < -0.39 is 0 Å². The van der Waals surface area contributed by atoms with Crippen molar-refractivity contribution in [1.29, 1.82) is 0 Å². The molecule has 0 N–H and O–H groups in total. The standard InChI is InChI=1S/C32H20S12/c1-13-14(2)34-23(33-13)21-17-9-5-7-11-19(17)22(20-12-8-6-10-18(20)21)24-37-27-28(38-24)42-31(41-27)32-43-29-30(44-32)40-26(39-29)25-35-15(3)16(4)36-25/h5-12H,1-4H3. The van der Waals surface area contributed by atoms with Crippen LogP contribution >= 0.6 is 141 Å². The highest BCUT2D eigenvalue weighted by atomic mass is 32.3. The van der Waals surface area contributed by atoms with E-state index in [0.29, 0.717) is 0 Å². The lowest BCUT2D eigenvalue weighted by Gasteiger charge is -2.12.